The molecule has 3 rings (SSSR count). The third-order valence-electron chi connectivity index (χ3n) is 4.78. The van der Waals surface area contributed by atoms with Gasteiger partial charge < -0.3 is 20.4 Å². The second kappa shape index (κ2) is 5.10. The molecule has 10 heteroatoms. The summed E-state index contributed by atoms with van der Waals surface area (Å²) >= 11 is 12.2. The topological polar surface area (TPSA) is 149 Å². The van der Waals surface area contributed by atoms with Gasteiger partial charge in [0.25, 0.3) is 0 Å². The highest BCUT2D eigenvalue weighted by Crippen LogP contribution is 2.66. The van der Waals surface area contributed by atoms with E-state index in [4.69, 9.17) is 23.2 Å². The molecule has 0 spiro atoms. The van der Waals surface area contributed by atoms with Crippen LogP contribution in [0.4, 0.5) is 0 Å². The number of carbonyl (C=O) groups is 4. The number of aliphatic carboxylic acids is 4. The fourth-order valence-electron chi connectivity index (χ4n) is 3.91. The molecule has 0 aromatic heterocycles. The first-order chi connectivity index (χ1) is 10.4. The van der Waals surface area contributed by atoms with Crippen molar-refractivity contribution in [1.82, 2.24) is 0 Å². The molecular formula is C13H12Cl2O8. The maximum absolute atomic E-state index is 11.6. The summed E-state index contributed by atoms with van der Waals surface area (Å²) in [5, 5.41) is 37.4. The van der Waals surface area contributed by atoms with Gasteiger partial charge in [-0.05, 0) is 0 Å². The quantitative estimate of drug-likeness (QED) is 0.536. The third-order valence-corrected chi connectivity index (χ3v) is 5.97. The molecule has 3 aliphatic rings. The minimum absolute atomic E-state index is 0.364. The largest absolute Gasteiger partial charge is 0.481 e. The first kappa shape index (κ1) is 17.6. The normalized spacial score (nSPS) is 42.0. The lowest BCUT2D eigenvalue weighted by Gasteiger charge is -2.58. The highest BCUT2D eigenvalue weighted by molar-refractivity contribution is 6.42. The molecule has 0 radical (unpaired) electrons. The number of carboxylic acid groups (broad SMARTS) is 4. The van der Waals surface area contributed by atoms with Crippen LogP contribution in [0.1, 0.15) is 6.92 Å². The number of hydrogen-bond acceptors (Lipinski definition) is 4. The molecule has 4 unspecified atom stereocenters. The lowest BCUT2D eigenvalue weighted by Crippen LogP contribution is -2.69. The molecule has 0 aromatic carbocycles. The van der Waals surface area contributed by atoms with E-state index >= 15 is 0 Å². The Hall–Kier alpha value is -1.80. The van der Waals surface area contributed by atoms with Gasteiger partial charge >= 0.3 is 23.9 Å². The molecule has 8 nitrogen and oxygen atoms in total. The Kier molecular flexibility index (Phi) is 3.89. The number of carboxylic acids is 4. The molecule has 23 heavy (non-hydrogen) atoms. The minimum Gasteiger partial charge on any atom is -0.481 e. The monoisotopic (exact) mass is 366 g/mol. The molecule has 0 heterocycles. The number of rotatable bonds is 4. The van der Waals surface area contributed by atoms with Crippen molar-refractivity contribution >= 4 is 47.1 Å². The fraction of sp³-hybridized carbons (Fsp3) is 0.538. The van der Waals surface area contributed by atoms with Crippen molar-refractivity contribution in [2.24, 2.45) is 29.1 Å². The van der Waals surface area contributed by atoms with Crippen molar-refractivity contribution in [1.29, 1.82) is 0 Å². The smallest absolute Gasteiger partial charge is 0.309 e. The van der Waals surface area contributed by atoms with Crippen LogP contribution in [0.25, 0.3) is 0 Å². The molecule has 3 aliphatic carbocycles. The van der Waals surface area contributed by atoms with Crippen LogP contribution >= 0.6 is 23.2 Å². The molecule has 4 N–H and O–H groups in total. The molecule has 0 saturated heterocycles. The van der Waals surface area contributed by atoms with Gasteiger partial charge in [0.1, 0.15) is 4.87 Å². The standard InChI is InChI=1S/C13H12Cl2O8/c1-12-2-3(14)13(15,6(10(20)21)4(12)8(16)17)7(11(22)23)5(12)9(18)19/h2,4-7H,1H3,(H,16,17)(H,18,19)(H,20,21)(H,22,23). The summed E-state index contributed by atoms with van der Waals surface area (Å²) in [6.07, 6.45) is 1.07. The van der Waals surface area contributed by atoms with Crippen LogP contribution in [0, 0.1) is 29.1 Å². The van der Waals surface area contributed by atoms with Gasteiger partial charge in [-0.1, -0.05) is 24.6 Å². The van der Waals surface area contributed by atoms with Crippen molar-refractivity contribution in [2.45, 2.75) is 11.8 Å². The van der Waals surface area contributed by atoms with Crippen molar-refractivity contribution in [3.63, 3.8) is 0 Å². The van der Waals surface area contributed by atoms with Crippen LogP contribution < -0.4 is 0 Å². The summed E-state index contributed by atoms with van der Waals surface area (Å²) in [5.74, 6) is -13.7. The van der Waals surface area contributed by atoms with E-state index in [0.29, 0.717) is 0 Å². The SMILES string of the molecule is CC12C=C(Cl)C(Cl)(C(C(=O)O)C1C(=O)O)C(C(=O)O)C2C(=O)O. The number of halogens is 2. The maximum atomic E-state index is 11.6. The maximum Gasteiger partial charge on any atom is 0.309 e. The predicted molar refractivity (Wildman–Crippen MR) is 75.1 cm³/mol. The number of alkyl halides is 1. The van der Waals surface area contributed by atoms with Crippen LogP contribution in [0.5, 0.6) is 0 Å². The van der Waals surface area contributed by atoms with Gasteiger partial charge in [-0.2, -0.15) is 0 Å². The van der Waals surface area contributed by atoms with Crippen molar-refractivity contribution in [3.05, 3.63) is 11.1 Å². The molecule has 0 aromatic rings. The molecule has 126 valence electrons. The Morgan fingerprint density at radius 1 is 0.870 bits per heavy atom. The summed E-state index contributed by atoms with van der Waals surface area (Å²) in [5.41, 5.74) is -1.82. The molecule has 0 amide bonds. The number of hydrogen-bond donors (Lipinski definition) is 4. The summed E-state index contributed by atoms with van der Waals surface area (Å²) in [6, 6.07) is 0. The van der Waals surface area contributed by atoms with E-state index < -0.39 is 57.8 Å². The Balaban J connectivity index is 2.88. The van der Waals surface area contributed by atoms with Gasteiger partial charge in [-0.3, -0.25) is 19.2 Å². The van der Waals surface area contributed by atoms with Crippen LogP contribution in [-0.4, -0.2) is 49.2 Å². The summed E-state index contributed by atoms with van der Waals surface area (Å²) in [7, 11) is 0. The first-order valence-electron chi connectivity index (χ1n) is 6.39. The Bertz CT molecular complexity index is 614. The van der Waals surface area contributed by atoms with Gasteiger partial charge in [0, 0.05) is 10.4 Å². The van der Waals surface area contributed by atoms with Crippen LogP contribution in [0.2, 0.25) is 0 Å². The Morgan fingerprint density at radius 2 is 1.17 bits per heavy atom. The van der Waals surface area contributed by atoms with E-state index in [1.54, 1.807) is 0 Å². The summed E-state index contributed by atoms with van der Waals surface area (Å²) < 4.78 is 0. The highest BCUT2D eigenvalue weighted by Gasteiger charge is 2.74. The lowest BCUT2D eigenvalue weighted by molar-refractivity contribution is -0.184. The Labute approximate surface area is 139 Å². The van der Waals surface area contributed by atoms with Gasteiger partial charge in [0.05, 0.1) is 23.7 Å². The molecule has 0 aliphatic heterocycles. The predicted octanol–water partition coefficient (Wildman–Crippen LogP) is 0.923. The molecule has 4 atom stereocenters. The highest BCUT2D eigenvalue weighted by atomic mass is 35.5. The van der Waals surface area contributed by atoms with Crippen LogP contribution in [-0.2, 0) is 19.2 Å². The first-order valence-corrected chi connectivity index (χ1v) is 7.15. The zero-order valence-electron chi connectivity index (χ0n) is 11.6. The van der Waals surface area contributed by atoms with Crippen molar-refractivity contribution < 1.29 is 39.6 Å². The summed E-state index contributed by atoms with van der Waals surface area (Å²) in [6.45, 7) is 1.18. The minimum atomic E-state index is -2.36. The third kappa shape index (κ3) is 2.05. The lowest BCUT2D eigenvalue weighted by atomic mass is 9.46. The molecule has 1 saturated carbocycles. The van der Waals surface area contributed by atoms with Gasteiger partial charge in [0.15, 0.2) is 0 Å². The zero-order chi connectivity index (χ0) is 17.9. The Morgan fingerprint density at radius 3 is 1.43 bits per heavy atom. The van der Waals surface area contributed by atoms with Crippen molar-refractivity contribution in [2.75, 3.05) is 0 Å². The second-order valence-corrected chi connectivity index (χ2v) is 6.92. The molecular weight excluding hydrogens is 355 g/mol. The number of allylic oxidation sites excluding steroid dienone is 2. The van der Waals surface area contributed by atoms with E-state index in [2.05, 4.69) is 0 Å². The fourth-order valence-corrected chi connectivity index (χ4v) is 4.88. The zero-order valence-corrected chi connectivity index (χ0v) is 13.1. The average Bonchev–Trinajstić information content (AvgIpc) is 2.36. The summed E-state index contributed by atoms with van der Waals surface area (Å²) in [4.78, 5) is 44.1. The van der Waals surface area contributed by atoms with Crippen LogP contribution in [0.3, 0.4) is 0 Å². The van der Waals surface area contributed by atoms with E-state index in [0.717, 1.165) is 6.08 Å². The average molecular weight is 367 g/mol. The van der Waals surface area contributed by atoms with E-state index in [9.17, 15) is 39.6 Å². The van der Waals surface area contributed by atoms with Gasteiger partial charge in [-0.25, -0.2) is 0 Å². The van der Waals surface area contributed by atoms with E-state index in [1.807, 2.05) is 0 Å². The van der Waals surface area contributed by atoms with E-state index in [1.165, 1.54) is 6.92 Å². The van der Waals surface area contributed by atoms with Crippen molar-refractivity contribution in [3.8, 4) is 0 Å². The molecule has 2 bridgehead atoms. The van der Waals surface area contributed by atoms with E-state index in [-0.39, 0.29) is 5.03 Å². The van der Waals surface area contributed by atoms with Crippen LogP contribution in [0.15, 0.2) is 11.1 Å². The van der Waals surface area contributed by atoms with Gasteiger partial charge in [-0.15, -0.1) is 11.6 Å². The second-order valence-electron chi connectivity index (χ2n) is 5.89. The molecule has 1 fully saturated rings. The number of fused-ring (bicyclic) bond motifs is 2. The van der Waals surface area contributed by atoms with Gasteiger partial charge in [0.2, 0.25) is 0 Å².